The molecule has 13 heteroatoms. The number of H-pyrrole nitrogens is 1. The molecule has 3 aliphatic heterocycles. The first-order chi connectivity index (χ1) is 20.3. The number of fused-ring (bicyclic) bond motifs is 2. The van der Waals surface area contributed by atoms with Crippen LogP contribution in [0.25, 0.3) is 11.1 Å². The Bertz CT molecular complexity index is 1690. The predicted molar refractivity (Wildman–Crippen MR) is 151 cm³/mol. The van der Waals surface area contributed by atoms with Gasteiger partial charge in [0.1, 0.15) is 22.8 Å². The molecule has 0 spiro atoms. The second-order valence-corrected chi connectivity index (χ2v) is 11.0. The summed E-state index contributed by atoms with van der Waals surface area (Å²) < 4.78 is 11.5. The molecule has 1 unspecified atom stereocenters. The van der Waals surface area contributed by atoms with E-state index in [1.54, 1.807) is 24.4 Å². The zero-order chi connectivity index (χ0) is 29.0. The Labute approximate surface area is 240 Å². The molecule has 216 valence electrons. The zero-order valence-electron chi connectivity index (χ0n) is 23.2. The number of nitrogens with zero attached hydrogens (tertiary/aromatic N) is 5. The van der Waals surface area contributed by atoms with E-state index in [4.69, 9.17) is 14.1 Å². The fourth-order valence-corrected chi connectivity index (χ4v) is 6.15. The number of pyridine rings is 1. The van der Waals surface area contributed by atoms with Crippen molar-refractivity contribution < 1.29 is 23.5 Å². The second kappa shape index (κ2) is 9.87. The molecule has 0 radical (unpaired) electrons. The standard InChI is InChI=1S/C29H30N8O5/c1-35-9-7-18(8-10-35)37(19-13-30-31-14-19)25-6-5-23-22(32-25)12-24(42-23)29(27(39)33-28(40)34-29)16-36-15-17-3-4-20(41-2)11-21(17)26(36)38/h3-6,11-14,18H,7-10,15-16H2,1-2H3,(H,30,31)(H2,33,34,39,40). The van der Waals surface area contributed by atoms with Crippen LogP contribution >= 0.6 is 0 Å². The summed E-state index contributed by atoms with van der Waals surface area (Å²) in [5, 5.41) is 12.1. The van der Waals surface area contributed by atoms with Crippen LogP contribution in [0.15, 0.2) is 53.2 Å². The highest BCUT2D eigenvalue weighted by Crippen LogP contribution is 2.36. The zero-order valence-corrected chi connectivity index (χ0v) is 23.2. The Kier molecular flexibility index (Phi) is 6.12. The van der Waals surface area contributed by atoms with Gasteiger partial charge in [-0.2, -0.15) is 5.10 Å². The van der Waals surface area contributed by atoms with Gasteiger partial charge in [0.2, 0.25) is 0 Å². The number of methoxy groups -OCH3 is 1. The van der Waals surface area contributed by atoms with Crippen LogP contribution in [0, 0.1) is 0 Å². The summed E-state index contributed by atoms with van der Waals surface area (Å²) in [5.41, 5.74) is 1.57. The highest BCUT2D eigenvalue weighted by Gasteiger charge is 2.53. The van der Waals surface area contributed by atoms with E-state index >= 15 is 0 Å². The number of piperidine rings is 1. The van der Waals surface area contributed by atoms with Crippen molar-refractivity contribution in [1.29, 1.82) is 0 Å². The number of anilines is 2. The first-order valence-electron chi connectivity index (χ1n) is 13.8. The molecule has 0 aliphatic carbocycles. The summed E-state index contributed by atoms with van der Waals surface area (Å²) >= 11 is 0. The largest absolute Gasteiger partial charge is 0.497 e. The number of hydrogen-bond donors (Lipinski definition) is 3. The number of carbonyl (C=O) groups is 3. The Morgan fingerprint density at radius 3 is 2.69 bits per heavy atom. The van der Waals surface area contributed by atoms with Crippen molar-refractivity contribution in [3.05, 3.63) is 65.7 Å². The number of rotatable bonds is 7. The van der Waals surface area contributed by atoms with E-state index in [0.717, 1.165) is 43.0 Å². The minimum atomic E-state index is -1.63. The van der Waals surface area contributed by atoms with Gasteiger partial charge in [0.25, 0.3) is 11.8 Å². The summed E-state index contributed by atoms with van der Waals surface area (Å²) in [7, 11) is 3.66. The molecule has 3 N–H and O–H groups in total. The van der Waals surface area contributed by atoms with Gasteiger partial charge in [0.05, 0.1) is 25.5 Å². The van der Waals surface area contributed by atoms with Crippen molar-refractivity contribution >= 4 is 40.5 Å². The molecular formula is C29H30N8O5. The van der Waals surface area contributed by atoms with E-state index in [9.17, 15) is 14.4 Å². The third kappa shape index (κ3) is 4.24. The molecule has 6 heterocycles. The van der Waals surface area contributed by atoms with Gasteiger partial charge in [-0.25, -0.2) is 9.78 Å². The Balaban J connectivity index is 1.24. The van der Waals surface area contributed by atoms with Crippen LogP contribution in [0.1, 0.15) is 34.5 Å². The number of nitrogens with one attached hydrogen (secondary N) is 3. The monoisotopic (exact) mass is 570 g/mol. The van der Waals surface area contributed by atoms with Crippen LogP contribution in [-0.2, 0) is 16.9 Å². The molecule has 7 rings (SSSR count). The van der Waals surface area contributed by atoms with E-state index in [1.807, 2.05) is 24.4 Å². The number of benzene rings is 1. The Morgan fingerprint density at radius 1 is 1.14 bits per heavy atom. The number of imide groups is 1. The fraction of sp³-hybridized carbons (Fsp3) is 0.345. The summed E-state index contributed by atoms with van der Waals surface area (Å²) in [6.45, 7) is 2.10. The number of amides is 4. The van der Waals surface area contributed by atoms with Gasteiger partial charge >= 0.3 is 6.03 Å². The lowest BCUT2D eigenvalue weighted by atomic mass is 9.95. The molecule has 0 bridgehead atoms. The van der Waals surface area contributed by atoms with E-state index in [-0.39, 0.29) is 30.8 Å². The summed E-state index contributed by atoms with van der Waals surface area (Å²) in [5.74, 6) is 0.622. The Hall–Kier alpha value is -4.91. The number of carbonyl (C=O) groups excluding carboxylic acids is 3. The smallest absolute Gasteiger partial charge is 0.322 e. The molecular weight excluding hydrogens is 540 g/mol. The molecule has 4 amide bonds. The molecule has 1 aromatic carbocycles. The van der Waals surface area contributed by atoms with Crippen molar-refractivity contribution in [2.24, 2.45) is 0 Å². The molecule has 0 saturated carbocycles. The predicted octanol–water partition coefficient (Wildman–Crippen LogP) is 2.48. The van der Waals surface area contributed by atoms with Gasteiger partial charge < -0.3 is 29.2 Å². The Morgan fingerprint density at radius 2 is 1.98 bits per heavy atom. The SMILES string of the molecule is COc1ccc2c(c1)C(=O)N(CC1(c3cc4nc(N(c5cn[nH]c5)C5CCN(C)CC5)ccc4o3)NC(=O)NC1=O)C2. The average Bonchev–Trinajstić information content (AvgIpc) is 3.77. The summed E-state index contributed by atoms with van der Waals surface area (Å²) in [6.07, 6.45) is 5.55. The van der Waals surface area contributed by atoms with Gasteiger partial charge in [0, 0.05) is 30.4 Å². The average molecular weight is 571 g/mol. The van der Waals surface area contributed by atoms with Crippen LogP contribution in [0.3, 0.4) is 0 Å². The number of urea groups is 1. The first-order valence-corrected chi connectivity index (χ1v) is 13.8. The highest BCUT2D eigenvalue weighted by molar-refractivity contribution is 6.08. The van der Waals surface area contributed by atoms with Crippen LogP contribution in [-0.4, -0.2) is 82.7 Å². The molecule has 13 nitrogen and oxygen atoms in total. The van der Waals surface area contributed by atoms with E-state index in [0.29, 0.717) is 22.4 Å². The van der Waals surface area contributed by atoms with Crippen LogP contribution in [0.5, 0.6) is 5.75 Å². The molecule has 2 saturated heterocycles. The molecule has 3 aliphatic rings. The van der Waals surface area contributed by atoms with Gasteiger partial charge in [-0.1, -0.05) is 6.07 Å². The molecule has 1 atom stereocenters. The maximum absolute atomic E-state index is 13.4. The van der Waals surface area contributed by atoms with E-state index < -0.39 is 17.5 Å². The number of ether oxygens (including phenoxy) is 1. The lowest BCUT2D eigenvalue weighted by molar-refractivity contribution is -0.125. The van der Waals surface area contributed by atoms with Crippen LogP contribution in [0.4, 0.5) is 16.3 Å². The normalized spacial score (nSPS) is 21.1. The highest BCUT2D eigenvalue weighted by atomic mass is 16.5. The number of hydrogen-bond acceptors (Lipinski definition) is 9. The van der Waals surface area contributed by atoms with Crippen LogP contribution < -0.4 is 20.3 Å². The third-order valence-corrected chi connectivity index (χ3v) is 8.41. The maximum atomic E-state index is 13.4. The number of aromatic amines is 1. The van der Waals surface area contributed by atoms with Gasteiger partial charge in [0.15, 0.2) is 11.1 Å². The molecule has 4 aromatic rings. The molecule has 42 heavy (non-hydrogen) atoms. The molecule has 2 fully saturated rings. The minimum Gasteiger partial charge on any atom is -0.497 e. The first kappa shape index (κ1) is 26.0. The van der Waals surface area contributed by atoms with E-state index in [2.05, 4.69) is 37.7 Å². The second-order valence-electron chi connectivity index (χ2n) is 11.0. The summed E-state index contributed by atoms with van der Waals surface area (Å²) in [4.78, 5) is 50.1. The van der Waals surface area contributed by atoms with Crippen molar-refractivity contribution in [2.75, 3.05) is 38.7 Å². The lowest BCUT2D eigenvalue weighted by Crippen LogP contribution is -2.52. The number of furan rings is 1. The number of aromatic nitrogens is 3. The van der Waals surface area contributed by atoms with Gasteiger partial charge in [-0.05, 0) is 62.8 Å². The number of likely N-dealkylation sites (tertiary alicyclic amines) is 1. The third-order valence-electron chi connectivity index (χ3n) is 8.41. The quantitative estimate of drug-likeness (QED) is 0.285. The minimum absolute atomic E-state index is 0.121. The van der Waals surface area contributed by atoms with Gasteiger partial charge in [-0.15, -0.1) is 0 Å². The van der Waals surface area contributed by atoms with Gasteiger partial charge in [-0.3, -0.25) is 20.0 Å². The van der Waals surface area contributed by atoms with Crippen molar-refractivity contribution in [2.45, 2.75) is 31.0 Å². The fourth-order valence-electron chi connectivity index (χ4n) is 6.15. The van der Waals surface area contributed by atoms with Crippen molar-refractivity contribution in [1.82, 2.24) is 35.6 Å². The molecule has 3 aromatic heterocycles. The van der Waals surface area contributed by atoms with Crippen LogP contribution in [0.2, 0.25) is 0 Å². The maximum Gasteiger partial charge on any atom is 0.322 e. The lowest BCUT2D eigenvalue weighted by Gasteiger charge is -2.37. The topological polar surface area (TPSA) is 149 Å². The van der Waals surface area contributed by atoms with Crippen molar-refractivity contribution in [3.63, 3.8) is 0 Å². The van der Waals surface area contributed by atoms with E-state index in [1.165, 1.54) is 12.0 Å². The van der Waals surface area contributed by atoms with Crippen molar-refractivity contribution in [3.8, 4) is 5.75 Å². The summed E-state index contributed by atoms with van der Waals surface area (Å²) in [6, 6.07) is 10.2.